The molecule has 4 N–H and O–H groups in total. The number of carboxylic acid groups (broad SMARTS) is 2. The highest BCUT2D eigenvalue weighted by Crippen LogP contribution is 2.30. The highest BCUT2D eigenvalue weighted by molar-refractivity contribution is 5.99. The Morgan fingerprint density at radius 2 is 2.00 bits per heavy atom. The number of hydrogen-bond acceptors (Lipinski definition) is 7. The Labute approximate surface area is 175 Å². The number of nitrogens with one attached hydrogen (secondary N) is 2. The number of carboxylic acids is 2. The predicted octanol–water partition coefficient (Wildman–Crippen LogP) is 1.85. The summed E-state index contributed by atoms with van der Waals surface area (Å²) in [4.78, 5) is 60.6. The van der Waals surface area contributed by atoms with Gasteiger partial charge in [0.25, 0.3) is 5.56 Å². The lowest BCUT2D eigenvalue weighted by Gasteiger charge is -2.13. The van der Waals surface area contributed by atoms with Gasteiger partial charge < -0.3 is 24.9 Å². The third kappa shape index (κ3) is 4.94. The van der Waals surface area contributed by atoms with E-state index in [1.165, 1.54) is 18.5 Å². The van der Waals surface area contributed by atoms with E-state index in [0.717, 1.165) is 0 Å². The third-order valence-electron chi connectivity index (χ3n) is 4.64. The Bertz CT molecular complexity index is 1200. The number of aromatic amines is 2. The Balaban J connectivity index is 1.91. The van der Waals surface area contributed by atoms with Crippen LogP contribution in [0.3, 0.4) is 0 Å². The van der Waals surface area contributed by atoms with Gasteiger partial charge >= 0.3 is 11.9 Å². The van der Waals surface area contributed by atoms with E-state index in [4.69, 9.17) is 9.84 Å². The Morgan fingerprint density at radius 1 is 1.23 bits per heavy atom. The summed E-state index contributed by atoms with van der Waals surface area (Å²) in [5.41, 5.74) is 0.680. The maximum absolute atomic E-state index is 12.6. The number of carbonyl (C=O) groups excluding carboxylic acids is 1. The number of fused-ring (bicyclic) bond motifs is 1. The molecule has 31 heavy (non-hydrogen) atoms. The summed E-state index contributed by atoms with van der Waals surface area (Å²) < 4.78 is 5.61. The molecule has 0 amide bonds. The molecule has 162 valence electrons. The normalized spacial score (nSPS) is 11.9. The number of aromatic nitrogens is 4. The number of benzene rings is 1. The number of Topliss-reactive ketones (excluding diaryl/α,β-unsaturated/α-hetero) is 1. The second-order valence-corrected chi connectivity index (χ2v) is 6.75. The van der Waals surface area contributed by atoms with E-state index >= 15 is 0 Å². The minimum Gasteiger partial charge on any atom is -0.493 e. The van der Waals surface area contributed by atoms with Crippen molar-refractivity contribution in [3.05, 3.63) is 40.4 Å². The van der Waals surface area contributed by atoms with Crippen LogP contribution in [0.1, 0.15) is 36.5 Å². The van der Waals surface area contributed by atoms with Crippen molar-refractivity contribution in [1.82, 2.24) is 19.9 Å². The lowest BCUT2D eigenvalue weighted by Crippen LogP contribution is -2.19. The fourth-order valence-electron chi connectivity index (χ4n) is 3.09. The zero-order chi connectivity index (χ0) is 22.5. The first-order valence-corrected chi connectivity index (χ1v) is 9.48. The monoisotopic (exact) mass is 428 g/mol. The van der Waals surface area contributed by atoms with Gasteiger partial charge in [-0.2, -0.15) is 0 Å². The zero-order valence-corrected chi connectivity index (χ0v) is 16.5. The van der Waals surface area contributed by atoms with Crippen molar-refractivity contribution in [2.45, 2.75) is 26.2 Å². The first-order valence-electron chi connectivity index (χ1n) is 9.48. The number of hydrogen-bond donors (Lipinski definition) is 4. The molecule has 0 aliphatic heterocycles. The van der Waals surface area contributed by atoms with Gasteiger partial charge in [-0.25, -0.2) is 9.97 Å². The summed E-state index contributed by atoms with van der Waals surface area (Å²) in [5, 5.41) is 18.1. The van der Waals surface area contributed by atoms with Crippen molar-refractivity contribution in [2.75, 3.05) is 6.61 Å². The van der Waals surface area contributed by atoms with E-state index in [1.54, 1.807) is 13.0 Å². The molecule has 0 radical (unpaired) electrons. The fraction of sp³-hybridized carbons (Fsp3) is 0.300. The summed E-state index contributed by atoms with van der Waals surface area (Å²) in [5.74, 6) is -3.45. The fourth-order valence-corrected chi connectivity index (χ4v) is 3.09. The lowest BCUT2D eigenvalue weighted by molar-refractivity contribution is -0.142. The summed E-state index contributed by atoms with van der Waals surface area (Å²) in [7, 11) is 0. The van der Waals surface area contributed by atoms with Gasteiger partial charge in [0.15, 0.2) is 16.9 Å². The molecule has 1 aromatic carbocycles. The van der Waals surface area contributed by atoms with Crippen LogP contribution in [0.4, 0.5) is 0 Å². The van der Waals surface area contributed by atoms with Gasteiger partial charge in [-0.15, -0.1) is 0 Å². The predicted molar refractivity (Wildman–Crippen MR) is 108 cm³/mol. The molecule has 0 unspecified atom stereocenters. The molecular formula is C20H20N4O7. The highest BCUT2D eigenvalue weighted by atomic mass is 16.5. The molecule has 3 rings (SSSR count). The second kappa shape index (κ2) is 9.20. The highest BCUT2D eigenvalue weighted by Gasteiger charge is 2.24. The number of rotatable bonds is 10. The largest absolute Gasteiger partial charge is 0.493 e. The molecule has 11 heteroatoms. The van der Waals surface area contributed by atoms with Gasteiger partial charge in [-0.1, -0.05) is 6.07 Å². The van der Waals surface area contributed by atoms with Crippen LogP contribution in [-0.2, 0) is 9.59 Å². The van der Waals surface area contributed by atoms with E-state index in [-0.39, 0.29) is 54.2 Å². The molecule has 0 saturated carbocycles. The smallest absolute Gasteiger partial charge is 0.306 e. The SMILES string of the molecule is CCOc1cc(C(=O)C[C@H](CCC(=O)O)C(=O)O)ccc1-c1nc2nc[nH]c2c(=O)[nH]1. The quantitative estimate of drug-likeness (QED) is 0.351. The molecule has 11 nitrogen and oxygen atoms in total. The van der Waals surface area contributed by atoms with Gasteiger partial charge in [0.05, 0.1) is 24.4 Å². The zero-order valence-electron chi connectivity index (χ0n) is 16.5. The number of aliphatic carboxylic acids is 2. The van der Waals surface area contributed by atoms with Crippen molar-refractivity contribution >= 4 is 28.9 Å². The van der Waals surface area contributed by atoms with E-state index in [1.807, 2.05) is 0 Å². The van der Waals surface area contributed by atoms with Gasteiger partial charge in [-0.05, 0) is 25.5 Å². The summed E-state index contributed by atoms with van der Waals surface area (Å²) >= 11 is 0. The molecule has 0 aliphatic carbocycles. The van der Waals surface area contributed by atoms with Crippen molar-refractivity contribution in [3.8, 4) is 17.1 Å². The number of ketones is 1. The maximum Gasteiger partial charge on any atom is 0.306 e. The Hall–Kier alpha value is -4.02. The Morgan fingerprint density at radius 3 is 2.68 bits per heavy atom. The van der Waals surface area contributed by atoms with Crippen LogP contribution in [0.15, 0.2) is 29.3 Å². The molecule has 3 aromatic rings. The van der Waals surface area contributed by atoms with E-state index in [9.17, 15) is 24.3 Å². The van der Waals surface area contributed by atoms with Crippen LogP contribution in [0, 0.1) is 5.92 Å². The van der Waals surface area contributed by atoms with Crippen molar-refractivity contribution < 1.29 is 29.3 Å². The molecular weight excluding hydrogens is 408 g/mol. The number of H-pyrrole nitrogens is 2. The number of ether oxygens (including phenoxy) is 1. The Kier molecular flexibility index (Phi) is 6.43. The van der Waals surface area contributed by atoms with Gasteiger partial charge in [0.2, 0.25) is 0 Å². The summed E-state index contributed by atoms with van der Waals surface area (Å²) in [6.45, 7) is 2.02. The van der Waals surface area contributed by atoms with E-state index < -0.39 is 29.2 Å². The summed E-state index contributed by atoms with van der Waals surface area (Å²) in [6, 6.07) is 4.47. The van der Waals surface area contributed by atoms with Gasteiger partial charge in [0.1, 0.15) is 11.6 Å². The minimum absolute atomic E-state index is 0.151. The van der Waals surface area contributed by atoms with Gasteiger partial charge in [-0.3, -0.25) is 19.2 Å². The van der Waals surface area contributed by atoms with Crippen LogP contribution < -0.4 is 10.3 Å². The van der Waals surface area contributed by atoms with Crippen LogP contribution in [0.5, 0.6) is 5.75 Å². The number of imidazole rings is 1. The topological polar surface area (TPSA) is 175 Å². The van der Waals surface area contributed by atoms with Crippen molar-refractivity contribution in [2.24, 2.45) is 5.92 Å². The lowest BCUT2D eigenvalue weighted by atomic mass is 9.93. The molecule has 2 aromatic heterocycles. The van der Waals surface area contributed by atoms with Crippen LogP contribution in [0.2, 0.25) is 0 Å². The van der Waals surface area contributed by atoms with Crippen molar-refractivity contribution in [1.29, 1.82) is 0 Å². The second-order valence-electron chi connectivity index (χ2n) is 6.75. The average molecular weight is 428 g/mol. The minimum atomic E-state index is -1.23. The van der Waals surface area contributed by atoms with E-state index in [2.05, 4.69) is 19.9 Å². The average Bonchev–Trinajstić information content (AvgIpc) is 3.20. The number of carbonyl (C=O) groups is 3. The van der Waals surface area contributed by atoms with Gasteiger partial charge in [0, 0.05) is 18.4 Å². The molecule has 0 bridgehead atoms. The molecule has 0 spiro atoms. The molecule has 2 heterocycles. The third-order valence-corrected chi connectivity index (χ3v) is 4.64. The first kappa shape index (κ1) is 21.7. The molecule has 1 atom stereocenters. The summed E-state index contributed by atoms with van der Waals surface area (Å²) in [6.07, 6.45) is 0.511. The van der Waals surface area contributed by atoms with Crippen LogP contribution >= 0.6 is 0 Å². The van der Waals surface area contributed by atoms with Crippen molar-refractivity contribution in [3.63, 3.8) is 0 Å². The molecule has 0 saturated heterocycles. The van der Waals surface area contributed by atoms with Crippen LogP contribution in [-0.4, -0.2) is 54.5 Å². The van der Waals surface area contributed by atoms with Crippen LogP contribution in [0.25, 0.3) is 22.6 Å². The maximum atomic E-state index is 12.6. The number of nitrogens with zero attached hydrogens (tertiary/aromatic N) is 2. The standard InChI is InChI=1S/C20H20N4O7/c1-2-31-14-8-10(13(25)7-11(20(29)30)4-6-15(26)27)3-5-12(14)17-23-18-16(19(28)24-17)21-9-22-18/h3,5,8-9,11H,2,4,6-7H2,1H3,(H,26,27)(H,29,30)(H2,21,22,23,24,28)/t11-/m0/s1. The molecule has 0 aliphatic rings. The molecule has 0 fully saturated rings. The van der Waals surface area contributed by atoms with E-state index in [0.29, 0.717) is 5.56 Å². The first-order chi connectivity index (χ1) is 14.8.